The van der Waals surface area contributed by atoms with Crippen LogP contribution in [0.1, 0.15) is 70.8 Å². The van der Waals surface area contributed by atoms with Gasteiger partial charge in [-0.1, -0.05) is 19.1 Å². The lowest BCUT2D eigenvalue weighted by Gasteiger charge is -2.18. The van der Waals surface area contributed by atoms with E-state index < -0.39 is 23.9 Å². The van der Waals surface area contributed by atoms with Gasteiger partial charge in [-0.05, 0) is 62.3 Å². The fourth-order valence-electron chi connectivity index (χ4n) is 3.74. The Morgan fingerprint density at radius 1 is 1.15 bits per heavy atom. The number of rotatable bonds is 8. The Kier molecular flexibility index (Phi) is 8.44. The van der Waals surface area contributed by atoms with Gasteiger partial charge in [0.15, 0.2) is 6.10 Å². The fraction of sp³-hybridized carbons (Fsp3) is 0.440. The second-order valence-corrected chi connectivity index (χ2v) is 9.52. The van der Waals surface area contributed by atoms with Crippen LogP contribution in [0.4, 0.5) is 5.00 Å². The molecule has 0 saturated carbocycles. The summed E-state index contributed by atoms with van der Waals surface area (Å²) in [6.45, 7) is 7.42. The van der Waals surface area contributed by atoms with Gasteiger partial charge in [-0.15, -0.1) is 11.3 Å². The van der Waals surface area contributed by atoms with Crippen LogP contribution in [-0.4, -0.2) is 36.5 Å². The molecule has 3 rings (SSSR count). The second-order valence-electron chi connectivity index (χ2n) is 8.42. The molecule has 2 N–H and O–H groups in total. The van der Waals surface area contributed by atoms with Crippen molar-refractivity contribution >= 4 is 40.1 Å². The summed E-state index contributed by atoms with van der Waals surface area (Å²) in [5, 5.41) is 5.90. The number of esters is 2. The number of anilines is 1. The molecule has 1 aliphatic carbocycles. The van der Waals surface area contributed by atoms with E-state index in [0.29, 0.717) is 28.6 Å². The lowest BCUT2D eigenvalue weighted by atomic mass is 9.88. The Balaban J connectivity index is 1.68. The maximum Gasteiger partial charge on any atom is 0.341 e. The molecule has 1 aromatic carbocycles. The van der Waals surface area contributed by atoms with Gasteiger partial charge >= 0.3 is 11.9 Å². The highest BCUT2D eigenvalue weighted by atomic mass is 32.1. The molecule has 1 aromatic heterocycles. The third kappa shape index (κ3) is 6.22. The Morgan fingerprint density at radius 3 is 2.50 bits per heavy atom. The average Bonchev–Trinajstić information content (AvgIpc) is 3.14. The largest absolute Gasteiger partial charge is 0.462 e. The summed E-state index contributed by atoms with van der Waals surface area (Å²) in [7, 11) is 0. The lowest BCUT2D eigenvalue weighted by Crippen LogP contribution is -2.30. The minimum absolute atomic E-state index is 0.143. The Morgan fingerprint density at radius 2 is 1.85 bits per heavy atom. The van der Waals surface area contributed by atoms with Crippen LogP contribution < -0.4 is 10.6 Å². The van der Waals surface area contributed by atoms with Gasteiger partial charge < -0.3 is 20.1 Å². The highest BCUT2D eigenvalue weighted by Crippen LogP contribution is 2.40. The molecule has 2 amide bonds. The van der Waals surface area contributed by atoms with Crippen molar-refractivity contribution in [2.45, 2.75) is 59.6 Å². The number of fused-ring (bicyclic) bond motifs is 1. The number of hydrogen-bond acceptors (Lipinski definition) is 7. The molecule has 0 bridgehead atoms. The maximum atomic E-state index is 12.8. The molecule has 34 heavy (non-hydrogen) atoms. The molecular formula is C25H30N2O6S. The van der Waals surface area contributed by atoms with Crippen LogP contribution in [0, 0.1) is 5.92 Å². The van der Waals surface area contributed by atoms with Crippen LogP contribution in [-0.2, 0) is 38.4 Å². The zero-order valence-electron chi connectivity index (χ0n) is 19.9. The third-order valence-electron chi connectivity index (χ3n) is 5.61. The third-order valence-corrected chi connectivity index (χ3v) is 6.78. The summed E-state index contributed by atoms with van der Waals surface area (Å²) in [6, 6.07) is 6.58. The Hall–Kier alpha value is -3.20. The summed E-state index contributed by atoms with van der Waals surface area (Å²) in [5.41, 5.74) is 2.48. The van der Waals surface area contributed by atoms with E-state index in [2.05, 4.69) is 17.6 Å². The zero-order chi connectivity index (χ0) is 24.8. The number of benzene rings is 1. The minimum atomic E-state index is -1.07. The summed E-state index contributed by atoms with van der Waals surface area (Å²) >= 11 is 1.39. The van der Waals surface area contributed by atoms with E-state index in [1.807, 2.05) is 0 Å². The number of thiophene rings is 1. The first-order valence-corrected chi connectivity index (χ1v) is 12.2. The van der Waals surface area contributed by atoms with Crippen LogP contribution >= 0.6 is 11.3 Å². The highest BCUT2D eigenvalue weighted by molar-refractivity contribution is 7.17. The molecule has 2 unspecified atom stereocenters. The van der Waals surface area contributed by atoms with Crippen LogP contribution in [0.2, 0.25) is 0 Å². The molecule has 2 atom stereocenters. The predicted molar refractivity (Wildman–Crippen MR) is 129 cm³/mol. The molecule has 0 saturated heterocycles. The summed E-state index contributed by atoms with van der Waals surface area (Å²) in [5.74, 6) is -1.25. The SMILES string of the molecule is CCOC(=O)c1c(NC(=O)C(C)OC(=O)c2ccc(CNC(C)=O)cc2)sc2c1CCC(C)C2. The average molecular weight is 487 g/mol. The molecule has 0 spiro atoms. The van der Waals surface area contributed by atoms with Crippen molar-refractivity contribution < 1.29 is 28.7 Å². The fourth-order valence-corrected chi connectivity index (χ4v) is 5.14. The van der Waals surface area contributed by atoms with Crippen molar-refractivity contribution in [3.8, 4) is 0 Å². The van der Waals surface area contributed by atoms with E-state index >= 15 is 0 Å². The smallest absolute Gasteiger partial charge is 0.341 e. The summed E-state index contributed by atoms with van der Waals surface area (Å²) in [6.07, 6.45) is 1.52. The van der Waals surface area contributed by atoms with E-state index in [1.165, 1.54) is 25.2 Å². The highest BCUT2D eigenvalue weighted by Gasteiger charge is 2.30. The Labute approximate surface area is 203 Å². The van der Waals surface area contributed by atoms with Crippen LogP contribution in [0.25, 0.3) is 0 Å². The van der Waals surface area contributed by atoms with Gasteiger partial charge in [0, 0.05) is 18.3 Å². The first-order valence-electron chi connectivity index (χ1n) is 11.4. The van der Waals surface area contributed by atoms with Gasteiger partial charge in [-0.25, -0.2) is 9.59 Å². The van der Waals surface area contributed by atoms with Gasteiger partial charge in [0.2, 0.25) is 5.91 Å². The van der Waals surface area contributed by atoms with Gasteiger partial charge in [0.05, 0.1) is 17.7 Å². The number of hydrogen-bond donors (Lipinski definition) is 2. The quantitative estimate of drug-likeness (QED) is 0.548. The molecule has 9 heteroatoms. The number of carbonyl (C=O) groups is 4. The molecule has 1 heterocycles. The maximum absolute atomic E-state index is 12.8. The second kappa shape index (κ2) is 11.3. The minimum Gasteiger partial charge on any atom is -0.462 e. The number of amides is 2. The normalized spacial score (nSPS) is 15.6. The van der Waals surface area contributed by atoms with Crippen molar-refractivity contribution in [1.82, 2.24) is 5.32 Å². The summed E-state index contributed by atoms with van der Waals surface area (Å²) in [4.78, 5) is 50.1. The Bertz CT molecular complexity index is 1080. The molecule has 0 radical (unpaired) electrons. The van der Waals surface area contributed by atoms with Gasteiger partial charge in [-0.3, -0.25) is 9.59 Å². The summed E-state index contributed by atoms with van der Waals surface area (Å²) < 4.78 is 10.6. The van der Waals surface area contributed by atoms with E-state index in [4.69, 9.17) is 9.47 Å². The van der Waals surface area contributed by atoms with Gasteiger partial charge in [-0.2, -0.15) is 0 Å². The molecule has 1 aliphatic rings. The number of carbonyl (C=O) groups excluding carboxylic acids is 4. The van der Waals surface area contributed by atoms with Crippen molar-refractivity contribution in [2.75, 3.05) is 11.9 Å². The van der Waals surface area contributed by atoms with Crippen molar-refractivity contribution in [3.05, 3.63) is 51.4 Å². The van der Waals surface area contributed by atoms with Gasteiger partial charge in [0.25, 0.3) is 5.91 Å². The van der Waals surface area contributed by atoms with E-state index in [0.717, 1.165) is 35.3 Å². The lowest BCUT2D eigenvalue weighted by molar-refractivity contribution is -0.123. The van der Waals surface area contributed by atoms with Crippen molar-refractivity contribution in [1.29, 1.82) is 0 Å². The molecule has 2 aromatic rings. The zero-order valence-corrected chi connectivity index (χ0v) is 20.7. The van der Waals surface area contributed by atoms with E-state index in [1.54, 1.807) is 31.2 Å². The predicted octanol–water partition coefficient (Wildman–Crippen LogP) is 3.87. The number of nitrogens with one attached hydrogen (secondary N) is 2. The topological polar surface area (TPSA) is 111 Å². The van der Waals surface area contributed by atoms with Crippen LogP contribution in [0.15, 0.2) is 24.3 Å². The van der Waals surface area contributed by atoms with E-state index in [9.17, 15) is 19.2 Å². The van der Waals surface area contributed by atoms with Crippen molar-refractivity contribution in [3.63, 3.8) is 0 Å². The van der Waals surface area contributed by atoms with Crippen LogP contribution in [0.5, 0.6) is 0 Å². The first kappa shape index (κ1) is 25.4. The monoisotopic (exact) mass is 486 g/mol. The molecule has 0 fully saturated rings. The number of ether oxygens (including phenoxy) is 2. The molecule has 0 aliphatic heterocycles. The first-order chi connectivity index (χ1) is 16.2. The van der Waals surface area contributed by atoms with Crippen LogP contribution in [0.3, 0.4) is 0 Å². The standard InChI is InChI=1S/C25H30N2O6S/c1-5-32-25(31)21-19-11-6-14(2)12-20(19)34-23(21)27-22(29)15(3)33-24(30)18-9-7-17(8-10-18)13-26-16(4)28/h7-10,14-15H,5-6,11-13H2,1-4H3,(H,26,28)(H,27,29). The molecule has 182 valence electrons. The molecular weight excluding hydrogens is 456 g/mol. The van der Waals surface area contributed by atoms with E-state index in [-0.39, 0.29) is 12.5 Å². The van der Waals surface area contributed by atoms with Gasteiger partial charge in [0.1, 0.15) is 5.00 Å². The molecule has 8 nitrogen and oxygen atoms in total. The van der Waals surface area contributed by atoms with Crippen molar-refractivity contribution in [2.24, 2.45) is 5.92 Å².